The number of methoxy groups -OCH3 is 1. The molecule has 0 radical (unpaired) electrons. The van der Waals surface area contributed by atoms with Crippen LogP contribution in [0, 0.1) is 20.8 Å². The van der Waals surface area contributed by atoms with Gasteiger partial charge in [0.2, 0.25) is 15.9 Å². The molecule has 0 aromatic heterocycles. The molecule has 0 aliphatic carbocycles. The Morgan fingerprint density at radius 1 is 1.11 bits per heavy atom. The lowest BCUT2D eigenvalue weighted by atomic mass is 10.0. The van der Waals surface area contributed by atoms with Crippen LogP contribution in [0.2, 0.25) is 0 Å². The van der Waals surface area contributed by atoms with Gasteiger partial charge in [-0.3, -0.25) is 9.10 Å². The Balaban J connectivity index is 2.38. The zero-order valence-electron chi connectivity index (χ0n) is 16.5. The van der Waals surface area contributed by atoms with Crippen LogP contribution in [0.3, 0.4) is 0 Å². The molecule has 27 heavy (non-hydrogen) atoms. The number of carbonyl (C=O) groups is 1. The first-order valence-electron chi connectivity index (χ1n) is 8.56. The number of nitrogens with one attached hydrogen (secondary N) is 1. The third kappa shape index (κ3) is 4.80. The van der Waals surface area contributed by atoms with Crippen molar-refractivity contribution in [1.29, 1.82) is 0 Å². The highest BCUT2D eigenvalue weighted by Gasteiger charge is 2.29. The van der Waals surface area contributed by atoms with Gasteiger partial charge in [0.25, 0.3) is 0 Å². The average Bonchev–Trinajstić information content (AvgIpc) is 2.56. The molecular weight excluding hydrogens is 364 g/mol. The first-order valence-corrected chi connectivity index (χ1v) is 10.4. The van der Waals surface area contributed by atoms with Gasteiger partial charge in [0.15, 0.2) is 0 Å². The highest BCUT2D eigenvalue weighted by Crippen LogP contribution is 2.27. The van der Waals surface area contributed by atoms with Crippen molar-refractivity contribution in [2.45, 2.75) is 33.7 Å². The topological polar surface area (TPSA) is 75.7 Å². The maximum atomic E-state index is 12.9. The molecule has 6 nitrogen and oxygen atoms in total. The Bertz CT molecular complexity index is 931. The van der Waals surface area contributed by atoms with Crippen molar-refractivity contribution in [2.75, 3.05) is 23.0 Å². The summed E-state index contributed by atoms with van der Waals surface area (Å²) >= 11 is 0. The summed E-state index contributed by atoms with van der Waals surface area (Å²) in [5, 5.41) is 2.88. The quantitative estimate of drug-likeness (QED) is 0.820. The van der Waals surface area contributed by atoms with E-state index in [1.807, 2.05) is 32.9 Å². The van der Waals surface area contributed by atoms with Gasteiger partial charge in [0.1, 0.15) is 11.8 Å². The summed E-state index contributed by atoms with van der Waals surface area (Å²) in [5.74, 6) is 0.109. The van der Waals surface area contributed by atoms with Crippen molar-refractivity contribution in [3.63, 3.8) is 0 Å². The van der Waals surface area contributed by atoms with Gasteiger partial charge in [-0.15, -0.1) is 0 Å². The van der Waals surface area contributed by atoms with Crippen LogP contribution in [0.25, 0.3) is 0 Å². The fourth-order valence-electron chi connectivity index (χ4n) is 3.16. The zero-order chi connectivity index (χ0) is 20.4. The maximum Gasteiger partial charge on any atom is 0.248 e. The van der Waals surface area contributed by atoms with Crippen LogP contribution in [0.1, 0.15) is 23.6 Å². The highest BCUT2D eigenvalue weighted by molar-refractivity contribution is 7.92. The summed E-state index contributed by atoms with van der Waals surface area (Å²) in [6, 6.07) is 9.64. The summed E-state index contributed by atoms with van der Waals surface area (Å²) in [4.78, 5) is 12.9. The standard InChI is InChI=1S/C20H26N2O4S/c1-13-10-14(2)19(15(3)11-13)21-20(23)16(4)22(27(6,24)25)17-8-7-9-18(12-17)26-5/h7-12,16H,1-6H3,(H,21,23)/t16-/m1/s1. The normalized spacial score (nSPS) is 12.4. The molecule has 0 spiro atoms. The van der Waals surface area contributed by atoms with Crippen LogP contribution in [0.15, 0.2) is 36.4 Å². The molecule has 146 valence electrons. The van der Waals surface area contributed by atoms with Crippen LogP contribution >= 0.6 is 0 Å². The van der Waals surface area contributed by atoms with Gasteiger partial charge in [-0.1, -0.05) is 23.8 Å². The minimum atomic E-state index is -3.69. The van der Waals surface area contributed by atoms with E-state index >= 15 is 0 Å². The summed E-state index contributed by atoms with van der Waals surface area (Å²) in [5.41, 5.74) is 4.04. The average molecular weight is 391 g/mol. The van der Waals surface area contributed by atoms with Crippen molar-refractivity contribution in [1.82, 2.24) is 0 Å². The van der Waals surface area contributed by atoms with Gasteiger partial charge in [-0.2, -0.15) is 0 Å². The second kappa shape index (κ2) is 8.00. The SMILES string of the molecule is COc1cccc(N([C@H](C)C(=O)Nc2c(C)cc(C)cc2C)S(C)(=O)=O)c1. The monoisotopic (exact) mass is 390 g/mol. The Hall–Kier alpha value is -2.54. The number of hydrogen-bond donors (Lipinski definition) is 1. The van der Waals surface area contributed by atoms with Crippen molar-refractivity contribution in [3.8, 4) is 5.75 Å². The fraction of sp³-hybridized carbons (Fsp3) is 0.350. The van der Waals surface area contributed by atoms with E-state index in [1.54, 1.807) is 31.2 Å². The van der Waals surface area contributed by atoms with E-state index in [4.69, 9.17) is 4.74 Å². The molecule has 1 amide bonds. The Kier molecular flexibility index (Phi) is 6.15. The van der Waals surface area contributed by atoms with Gasteiger partial charge in [0.05, 0.1) is 19.1 Å². The van der Waals surface area contributed by atoms with E-state index in [-0.39, 0.29) is 0 Å². The number of ether oxygens (including phenoxy) is 1. The van der Waals surface area contributed by atoms with Crippen molar-refractivity contribution < 1.29 is 17.9 Å². The number of hydrogen-bond acceptors (Lipinski definition) is 4. The molecule has 0 aliphatic heterocycles. The van der Waals surface area contributed by atoms with E-state index in [0.717, 1.165) is 27.3 Å². The second-order valence-corrected chi connectivity index (χ2v) is 8.56. The van der Waals surface area contributed by atoms with Crippen LogP contribution in [-0.2, 0) is 14.8 Å². The number of rotatable bonds is 6. The molecule has 2 rings (SSSR count). The number of aryl methyl sites for hydroxylation is 3. The summed E-state index contributed by atoms with van der Waals surface area (Å²) < 4.78 is 31.1. The number of sulfonamides is 1. The minimum Gasteiger partial charge on any atom is -0.497 e. The number of anilines is 2. The van der Waals surface area contributed by atoms with Gasteiger partial charge >= 0.3 is 0 Å². The fourth-order valence-corrected chi connectivity index (χ4v) is 4.33. The molecule has 0 bridgehead atoms. The predicted octanol–water partition coefficient (Wildman–Crippen LogP) is 3.41. The molecule has 0 unspecified atom stereocenters. The third-order valence-corrected chi connectivity index (χ3v) is 5.56. The van der Waals surface area contributed by atoms with Gasteiger partial charge < -0.3 is 10.1 Å². The number of carbonyl (C=O) groups excluding carboxylic acids is 1. The van der Waals surface area contributed by atoms with Crippen molar-refractivity contribution in [2.24, 2.45) is 0 Å². The lowest BCUT2D eigenvalue weighted by Crippen LogP contribution is -2.45. The second-order valence-electron chi connectivity index (χ2n) is 6.70. The molecule has 0 fully saturated rings. The molecule has 0 saturated carbocycles. The lowest BCUT2D eigenvalue weighted by molar-refractivity contribution is -0.116. The van der Waals surface area contributed by atoms with E-state index < -0.39 is 22.0 Å². The molecular formula is C20H26N2O4S. The van der Waals surface area contributed by atoms with Crippen molar-refractivity contribution in [3.05, 3.63) is 53.1 Å². The van der Waals surface area contributed by atoms with Crippen molar-refractivity contribution >= 4 is 27.3 Å². The number of benzene rings is 2. The molecule has 0 aliphatic rings. The first kappa shape index (κ1) is 20.8. The maximum absolute atomic E-state index is 12.9. The summed E-state index contributed by atoms with van der Waals surface area (Å²) in [6.45, 7) is 7.38. The molecule has 1 N–H and O–H groups in total. The summed E-state index contributed by atoms with van der Waals surface area (Å²) in [7, 11) is -2.19. The molecule has 2 aromatic rings. The predicted molar refractivity (Wildman–Crippen MR) is 109 cm³/mol. The van der Waals surface area contributed by atoms with E-state index in [0.29, 0.717) is 17.1 Å². The first-order chi connectivity index (χ1) is 12.5. The largest absolute Gasteiger partial charge is 0.497 e. The van der Waals surface area contributed by atoms with E-state index in [1.165, 1.54) is 7.11 Å². The number of nitrogens with zero attached hydrogens (tertiary/aromatic N) is 1. The van der Waals surface area contributed by atoms with Gasteiger partial charge in [-0.05, 0) is 51.0 Å². The van der Waals surface area contributed by atoms with Gasteiger partial charge in [0, 0.05) is 11.8 Å². The van der Waals surface area contributed by atoms with Crippen LogP contribution in [-0.4, -0.2) is 33.7 Å². The van der Waals surface area contributed by atoms with E-state index in [9.17, 15) is 13.2 Å². The van der Waals surface area contributed by atoms with E-state index in [2.05, 4.69) is 5.32 Å². The van der Waals surface area contributed by atoms with Crippen LogP contribution in [0.4, 0.5) is 11.4 Å². The van der Waals surface area contributed by atoms with Gasteiger partial charge in [-0.25, -0.2) is 8.42 Å². The molecule has 1 atom stereocenters. The Morgan fingerprint density at radius 3 is 2.22 bits per heavy atom. The molecule has 0 heterocycles. The number of amides is 1. The smallest absolute Gasteiger partial charge is 0.248 e. The minimum absolute atomic E-state index is 0.372. The highest BCUT2D eigenvalue weighted by atomic mass is 32.2. The van der Waals surface area contributed by atoms with Crippen LogP contribution in [0.5, 0.6) is 5.75 Å². The third-order valence-electron chi connectivity index (χ3n) is 4.32. The molecule has 7 heteroatoms. The molecule has 2 aromatic carbocycles. The lowest BCUT2D eigenvalue weighted by Gasteiger charge is -2.29. The molecule has 0 saturated heterocycles. The Labute approximate surface area is 161 Å². The Morgan fingerprint density at radius 2 is 1.70 bits per heavy atom. The summed E-state index contributed by atoms with van der Waals surface area (Å²) in [6.07, 6.45) is 1.08. The van der Waals surface area contributed by atoms with Crippen LogP contribution < -0.4 is 14.4 Å². The zero-order valence-corrected chi connectivity index (χ0v) is 17.3.